The number of nitro groups is 1. The van der Waals surface area contributed by atoms with Gasteiger partial charge in [0.05, 0.1) is 12.3 Å². The van der Waals surface area contributed by atoms with Crippen LogP contribution in [0.2, 0.25) is 0 Å². The maximum Gasteiger partial charge on any atom is 0.363 e. The Morgan fingerprint density at radius 2 is 2.33 bits per heavy atom. The van der Waals surface area contributed by atoms with Crippen LogP contribution in [0.4, 0.5) is 11.5 Å². The molecule has 1 aromatic rings. The highest BCUT2D eigenvalue weighted by molar-refractivity contribution is 5.73. The Hall–Kier alpha value is -2.22. The summed E-state index contributed by atoms with van der Waals surface area (Å²) < 4.78 is 4.87. The zero-order valence-electron chi connectivity index (χ0n) is 9.78. The third-order valence-electron chi connectivity index (χ3n) is 2.18. The highest BCUT2D eigenvalue weighted by Crippen LogP contribution is 2.15. The van der Waals surface area contributed by atoms with E-state index < -0.39 is 10.9 Å². The lowest BCUT2D eigenvalue weighted by Crippen LogP contribution is -2.32. The van der Waals surface area contributed by atoms with Crippen LogP contribution in [0.25, 0.3) is 0 Å². The number of aromatic nitrogens is 1. The van der Waals surface area contributed by atoms with Gasteiger partial charge in [0.1, 0.15) is 6.54 Å². The summed E-state index contributed by atoms with van der Waals surface area (Å²) >= 11 is 0. The van der Waals surface area contributed by atoms with Crippen molar-refractivity contribution < 1.29 is 19.6 Å². The minimum Gasteiger partial charge on any atom is -0.480 e. The van der Waals surface area contributed by atoms with Crippen molar-refractivity contribution in [3.63, 3.8) is 0 Å². The van der Waals surface area contributed by atoms with Crippen molar-refractivity contribution in [2.45, 2.75) is 0 Å². The largest absolute Gasteiger partial charge is 0.480 e. The molecule has 0 fully saturated rings. The first-order chi connectivity index (χ1) is 8.54. The molecule has 98 valence electrons. The number of hydrogen-bond donors (Lipinski definition) is 1. The van der Waals surface area contributed by atoms with Gasteiger partial charge in [0.25, 0.3) is 0 Å². The van der Waals surface area contributed by atoms with Gasteiger partial charge >= 0.3 is 11.8 Å². The number of hydrogen-bond acceptors (Lipinski definition) is 6. The second-order valence-electron chi connectivity index (χ2n) is 3.44. The minimum atomic E-state index is -0.996. The highest BCUT2D eigenvalue weighted by atomic mass is 16.6. The normalized spacial score (nSPS) is 10.1. The van der Waals surface area contributed by atoms with Gasteiger partial charge < -0.3 is 24.9 Å². The molecule has 8 nitrogen and oxygen atoms in total. The molecule has 1 N–H and O–H groups in total. The Balaban J connectivity index is 2.83. The average molecular weight is 255 g/mol. The van der Waals surface area contributed by atoms with E-state index in [2.05, 4.69) is 4.98 Å². The molecule has 0 atom stereocenters. The van der Waals surface area contributed by atoms with E-state index in [9.17, 15) is 14.9 Å². The van der Waals surface area contributed by atoms with E-state index in [1.807, 2.05) is 0 Å². The van der Waals surface area contributed by atoms with Gasteiger partial charge in [-0.3, -0.25) is 4.79 Å². The number of methoxy groups -OCH3 is 1. The molecule has 0 aromatic carbocycles. The van der Waals surface area contributed by atoms with Gasteiger partial charge in [0.2, 0.25) is 0 Å². The van der Waals surface area contributed by atoms with Crippen LogP contribution in [0.3, 0.4) is 0 Å². The van der Waals surface area contributed by atoms with E-state index in [1.54, 1.807) is 0 Å². The lowest BCUT2D eigenvalue weighted by Gasteiger charge is -2.20. The third-order valence-corrected chi connectivity index (χ3v) is 2.18. The Bertz CT molecular complexity index is 420. The minimum absolute atomic E-state index is 0.219. The molecular formula is C10H13N3O5. The van der Waals surface area contributed by atoms with Gasteiger partial charge in [-0.1, -0.05) is 0 Å². The van der Waals surface area contributed by atoms with Crippen LogP contribution >= 0.6 is 0 Å². The number of nitrogens with zero attached hydrogens (tertiary/aromatic N) is 3. The van der Waals surface area contributed by atoms with Gasteiger partial charge in [0.15, 0.2) is 6.20 Å². The molecule has 1 aromatic heterocycles. The lowest BCUT2D eigenvalue weighted by atomic mass is 10.3. The SMILES string of the molecule is COCCN(CC(=O)O)c1ccc([N+](=O)[O-])nc1. The van der Waals surface area contributed by atoms with Crippen LogP contribution in [0.5, 0.6) is 0 Å². The van der Waals surface area contributed by atoms with Gasteiger partial charge in [-0.05, 0) is 16.0 Å². The third kappa shape index (κ3) is 3.98. The first-order valence-electron chi connectivity index (χ1n) is 5.10. The van der Waals surface area contributed by atoms with Crippen molar-refractivity contribution in [3.05, 3.63) is 28.4 Å². The number of ether oxygens (including phenoxy) is 1. The van der Waals surface area contributed by atoms with Crippen LogP contribution in [-0.4, -0.2) is 47.8 Å². The summed E-state index contributed by atoms with van der Waals surface area (Å²) in [5.74, 6) is -1.27. The number of aliphatic carboxylic acids is 1. The second kappa shape index (κ2) is 6.50. The lowest BCUT2D eigenvalue weighted by molar-refractivity contribution is -0.389. The molecule has 18 heavy (non-hydrogen) atoms. The van der Waals surface area contributed by atoms with Crippen LogP contribution < -0.4 is 4.90 Å². The molecule has 0 saturated carbocycles. The van der Waals surface area contributed by atoms with E-state index in [0.29, 0.717) is 18.8 Å². The van der Waals surface area contributed by atoms with Gasteiger partial charge in [-0.2, -0.15) is 0 Å². The summed E-state index contributed by atoms with van der Waals surface area (Å²) in [5, 5.41) is 19.2. The Morgan fingerprint density at radius 3 is 2.78 bits per heavy atom. The first-order valence-corrected chi connectivity index (χ1v) is 5.10. The monoisotopic (exact) mass is 255 g/mol. The molecule has 0 spiro atoms. The van der Waals surface area contributed by atoms with E-state index in [1.165, 1.54) is 30.3 Å². The molecule has 0 saturated heterocycles. The quantitative estimate of drug-likeness (QED) is 0.559. The molecule has 0 aliphatic carbocycles. The summed E-state index contributed by atoms with van der Waals surface area (Å²) in [5.41, 5.74) is 0.500. The number of carbonyl (C=O) groups is 1. The van der Waals surface area contributed by atoms with Crippen LogP contribution in [0.15, 0.2) is 18.3 Å². The maximum absolute atomic E-state index is 10.7. The van der Waals surface area contributed by atoms with E-state index in [4.69, 9.17) is 9.84 Å². The van der Waals surface area contributed by atoms with Gasteiger partial charge in [0, 0.05) is 19.7 Å². The molecule has 8 heteroatoms. The van der Waals surface area contributed by atoms with Crippen LogP contribution in [0.1, 0.15) is 0 Å². The Kier molecular flexibility index (Phi) is 5.00. The zero-order chi connectivity index (χ0) is 13.5. The number of pyridine rings is 1. The summed E-state index contributed by atoms with van der Waals surface area (Å²) in [7, 11) is 1.51. The molecule has 0 radical (unpaired) electrons. The summed E-state index contributed by atoms with van der Waals surface area (Å²) in [6.07, 6.45) is 1.27. The molecular weight excluding hydrogens is 242 g/mol. The van der Waals surface area contributed by atoms with Crippen molar-refractivity contribution in [3.8, 4) is 0 Å². The van der Waals surface area contributed by atoms with Crippen LogP contribution in [-0.2, 0) is 9.53 Å². The molecule has 1 heterocycles. The molecule has 0 bridgehead atoms. The van der Waals surface area contributed by atoms with Crippen molar-refractivity contribution >= 4 is 17.5 Å². The van der Waals surface area contributed by atoms with Crippen molar-refractivity contribution in [2.24, 2.45) is 0 Å². The van der Waals surface area contributed by atoms with Gasteiger partial charge in [-0.25, -0.2) is 0 Å². The second-order valence-corrected chi connectivity index (χ2v) is 3.44. The fourth-order valence-corrected chi connectivity index (χ4v) is 1.34. The summed E-state index contributed by atoms with van der Waals surface area (Å²) in [6, 6.07) is 2.70. The maximum atomic E-state index is 10.7. The fraction of sp³-hybridized carbons (Fsp3) is 0.400. The average Bonchev–Trinajstić information content (AvgIpc) is 2.34. The van der Waals surface area contributed by atoms with Gasteiger partial charge in [-0.15, -0.1) is 0 Å². The molecule has 1 rings (SSSR count). The van der Waals surface area contributed by atoms with E-state index in [-0.39, 0.29) is 12.4 Å². The number of carboxylic acids is 1. The summed E-state index contributed by atoms with van der Waals surface area (Å²) in [4.78, 5) is 25.7. The highest BCUT2D eigenvalue weighted by Gasteiger charge is 2.14. The summed E-state index contributed by atoms with van der Waals surface area (Å²) in [6.45, 7) is 0.495. The smallest absolute Gasteiger partial charge is 0.363 e. The van der Waals surface area contributed by atoms with E-state index >= 15 is 0 Å². The van der Waals surface area contributed by atoms with Crippen LogP contribution in [0, 0.1) is 10.1 Å². The zero-order valence-corrected chi connectivity index (χ0v) is 9.78. The molecule has 0 aliphatic heterocycles. The van der Waals surface area contributed by atoms with Crippen molar-refractivity contribution in [1.82, 2.24) is 4.98 Å². The topological polar surface area (TPSA) is 106 Å². The Labute approximate surface area is 103 Å². The van der Waals surface area contributed by atoms with Crippen molar-refractivity contribution in [1.29, 1.82) is 0 Å². The van der Waals surface area contributed by atoms with E-state index in [0.717, 1.165) is 0 Å². The molecule has 0 amide bonds. The standard InChI is InChI=1S/C10H13N3O5/c1-18-5-4-12(7-10(14)15)8-2-3-9(11-6-8)13(16)17/h2-3,6H,4-5,7H2,1H3,(H,14,15). The van der Waals surface area contributed by atoms with Crippen molar-refractivity contribution in [2.75, 3.05) is 31.7 Å². The number of anilines is 1. The number of rotatable bonds is 7. The molecule has 0 aliphatic rings. The Morgan fingerprint density at radius 1 is 1.61 bits per heavy atom. The molecule has 0 unspecified atom stereocenters. The fourth-order valence-electron chi connectivity index (χ4n) is 1.34. The predicted molar refractivity (Wildman–Crippen MR) is 62.6 cm³/mol. The first kappa shape index (κ1) is 13.8. The number of carboxylic acid groups (broad SMARTS) is 1. The predicted octanol–water partition coefficient (Wildman–Crippen LogP) is 0.527.